The van der Waals surface area contributed by atoms with Gasteiger partial charge in [-0.15, -0.1) is 10.2 Å². The number of ether oxygens (including phenoxy) is 2. The van der Waals surface area contributed by atoms with Gasteiger partial charge in [-0.05, 0) is 18.2 Å². The van der Waals surface area contributed by atoms with Crippen LogP contribution in [-0.2, 0) is 13.0 Å². The molecule has 1 heterocycles. The van der Waals surface area contributed by atoms with E-state index in [-0.39, 0.29) is 6.54 Å². The molecule has 0 saturated heterocycles. The van der Waals surface area contributed by atoms with Gasteiger partial charge in [0.25, 0.3) is 0 Å². The zero-order chi connectivity index (χ0) is 13.0. The molecule has 0 atom stereocenters. The molecule has 0 fully saturated rings. The largest absolute Gasteiger partial charge is 0.497 e. The molecule has 0 bridgehead atoms. The molecule has 0 saturated carbocycles. The Balaban J connectivity index is 2.25. The van der Waals surface area contributed by atoms with Crippen LogP contribution in [0.15, 0.2) is 22.6 Å². The van der Waals surface area contributed by atoms with Gasteiger partial charge in [-0.2, -0.15) is 0 Å². The lowest BCUT2D eigenvalue weighted by molar-refractivity contribution is 0.396. The second-order valence-electron chi connectivity index (χ2n) is 3.65. The Bertz CT molecular complexity index is 525. The number of nitrogens with two attached hydrogens (primary N) is 1. The van der Waals surface area contributed by atoms with Gasteiger partial charge in [0.15, 0.2) is 0 Å². The summed E-state index contributed by atoms with van der Waals surface area (Å²) < 4.78 is 15.8. The number of methoxy groups -OCH3 is 2. The minimum absolute atomic E-state index is 0.238. The highest BCUT2D eigenvalue weighted by Gasteiger charge is 2.10. The van der Waals surface area contributed by atoms with Crippen molar-refractivity contribution in [2.24, 2.45) is 5.73 Å². The van der Waals surface area contributed by atoms with Crippen LogP contribution >= 0.6 is 0 Å². The molecule has 0 spiro atoms. The van der Waals surface area contributed by atoms with Crippen LogP contribution in [0.4, 0.5) is 0 Å². The molecule has 2 rings (SSSR count). The molecule has 2 N–H and O–H groups in total. The van der Waals surface area contributed by atoms with Gasteiger partial charge in [0.2, 0.25) is 11.8 Å². The highest BCUT2D eigenvalue weighted by molar-refractivity contribution is 5.41. The maximum absolute atomic E-state index is 5.42. The highest BCUT2D eigenvalue weighted by atomic mass is 16.5. The van der Waals surface area contributed by atoms with Crippen LogP contribution in [0.5, 0.6) is 11.5 Å². The van der Waals surface area contributed by atoms with E-state index in [2.05, 4.69) is 10.2 Å². The fourth-order valence-corrected chi connectivity index (χ4v) is 1.63. The number of rotatable bonds is 5. The third-order valence-electron chi connectivity index (χ3n) is 2.51. The smallest absolute Gasteiger partial charge is 0.230 e. The van der Waals surface area contributed by atoms with E-state index in [1.165, 1.54) is 0 Å². The van der Waals surface area contributed by atoms with Gasteiger partial charge in [-0.1, -0.05) is 0 Å². The van der Waals surface area contributed by atoms with Crippen molar-refractivity contribution in [2.75, 3.05) is 14.2 Å². The standard InChI is InChI=1S/C12H15N3O3/c1-16-9-3-4-10(17-2)8(5-9)6-11-14-15-12(7-13)18-11/h3-5H,6-7,13H2,1-2H3. The zero-order valence-electron chi connectivity index (χ0n) is 10.3. The van der Waals surface area contributed by atoms with Gasteiger partial charge < -0.3 is 19.6 Å². The van der Waals surface area contributed by atoms with Crippen LogP contribution in [0.2, 0.25) is 0 Å². The first-order valence-electron chi connectivity index (χ1n) is 5.49. The van der Waals surface area contributed by atoms with Crippen molar-refractivity contribution in [2.45, 2.75) is 13.0 Å². The summed E-state index contributed by atoms with van der Waals surface area (Å²) in [6.07, 6.45) is 0.480. The minimum Gasteiger partial charge on any atom is -0.497 e. The van der Waals surface area contributed by atoms with E-state index in [0.29, 0.717) is 18.2 Å². The molecule has 18 heavy (non-hydrogen) atoms. The van der Waals surface area contributed by atoms with E-state index in [1.54, 1.807) is 14.2 Å². The number of hydrogen-bond donors (Lipinski definition) is 1. The quantitative estimate of drug-likeness (QED) is 0.855. The maximum atomic E-state index is 5.42. The molecular formula is C12H15N3O3. The van der Waals surface area contributed by atoms with E-state index >= 15 is 0 Å². The molecule has 2 aromatic rings. The van der Waals surface area contributed by atoms with Crippen molar-refractivity contribution in [3.63, 3.8) is 0 Å². The van der Waals surface area contributed by atoms with Gasteiger partial charge >= 0.3 is 0 Å². The lowest BCUT2D eigenvalue weighted by Crippen LogP contribution is -1.96. The van der Waals surface area contributed by atoms with E-state index in [9.17, 15) is 0 Å². The molecular weight excluding hydrogens is 234 g/mol. The van der Waals surface area contributed by atoms with Crippen molar-refractivity contribution in [1.29, 1.82) is 0 Å². The summed E-state index contributed by atoms with van der Waals surface area (Å²) in [4.78, 5) is 0. The minimum atomic E-state index is 0.238. The summed E-state index contributed by atoms with van der Waals surface area (Å²) in [5.74, 6) is 2.43. The molecule has 0 amide bonds. The fourth-order valence-electron chi connectivity index (χ4n) is 1.63. The van der Waals surface area contributed by atoms with E-state index in [4.69, 9.17) is 19.6 Å². The second-order valence-corrected chi connectivity index (χ2v) is 3.65. The number of nitrogens with zero attached hydrogens (tertiary/aromatic N) is 2. The molecule has 0 aliphatic rings. The molecule has 0 radical (unpaired) electrons. The molecule has 96 valence electrons. The Morgan fingerprint density at radius 1 is 1.17 bits per heavy atom. The van der Waals surface area contributed by atoms with Crippen LogP contribution in [0.1, 0.15) is 17.3 Å². The monoisotopic (exact) mass is 249 g/mol. The first-order chi connectivity index (χ1) is 8.76. The first kappa shape index (κ1) is 12.4. The van der Waals surface area contributed by atoms with E-state index < -0.39 is 0 Å². The topological polar surface area (TPSA) is 83.4 Å². The Morgan fingerprint density at radius 2 is 1.94 bits per heavy atom. The SMILES string of the molecule is COc1ccc(OC)c(Cc2nnc(CN)o2)c1. The lowest BCUT2D eigenvalue weighted by Gasteiger charge is -2.08. The summed E-state index contributed by atoms with van der Waals surface area (Å²) in [5, 5.41) is 7.74. The number of hydrogen-bond acceptors (Lipinski definition) is 6. The Morgan fingerprint density at radius 3 is 2.56 bits per heavy atom. The summed E-state index contributed by atoms with van der Waals surface area (Å²) >= 11 is 0. The average molecular weight is 249 g/mol. The van der Waals surface area contributed by atoms with Gasteiger partial charge in [-0.3, -0.25) is 0 Å². The van der Waals surface area contributed by atoms with Crippen LogP contribution in [0.3, 0.4) is 0 Å². The van der Waals surface area contributed by atoms with Crippen LogP contribution in [0, 0.1) is 0 Å². The Hall–Kier alpha value is -2.08. The highest BCUT2D eigenvalue weighted by Crippen LogP contribution is 2.25. The Kier molecular flexibility index (Phi) is 3.78. The van der Waals surface area contributed by atoms with E-state index in [0.717, 1.165) is 17.1 Å². The van der Waals surface area contributed by atoms with Crippen molar-refractivity contribution in [1.82, 2.24) is 10.2 Å². The fraction of sp³-hybridized carbons (Fsp3) is 0.333. The predicted octanol–water partition coefficient (Wildman–Crippen LogP) is 1.14. The molecule has 6 heteroatoms. The van der Waals surface area contributed by atoms with Crippen molar-refractivity contribution in [3.8, 4) is 11.5 Å². The number of aromatic nitrogens is 2. The normalized spacial score (nSPS) is 10.4. The van der Waals surface area contributed by atoms with Crippen molar-refractivity contribution < 1.29 is 13.9 Å². The summed E-state index contributed by atoms with van der Waals surface area (Å²) in [5.41, 5.74) is 6.34. The molecule has 0 aliphatic heterocycles. The van der Waals surface area contributed by atoms with Gasteiger partial charge in [0, 0.05) is 5.56 Å². The Labute approximate surface area is 105 Å². The van der Waals surface area contributed by atoms with Gasteiger partial charge in [-0.25, -0.2) is 0 Å². The zero-order valence-corrected chi connectivity index (χ0v) is 10.3. The van der Waals surface area contributed by atoms with Crippen LogP contribution in [-0.4, -0.2) is 24.4 Å². The average Bonchev–Trinajstić information content (AvgIpc) is 2.86. The third-order valence-corrected chi connectivity index (χ3v) is 2.51. The van der Waals surface area contributed by atoms with Crippen molar-refractivity contribution >= 4 is 0 Å². The van der Waals surface area contributed by atoms with Crippen LogP contribution in [0.25, 0.3) is 0 Å². The molecule has 0 unspecified atom stereocenters. The van der Waals surface area contributed by atoms with Gasteiger partial charge in [0.05, 0.1) is 27.2 Å². The van der Waals surface area contributed by atoms with E-state index in [1.807, 2.05) is 18.2 Å². The maximum Gasteiger partial charge on any atom is 0.230 e. The molecule has 0 aliphatic carbocycles. The summed E-state index contributed by atoms with van der Waals surface area (Å²) in [7, 11) is 3.23. The third kappa shape index (κ3) is 2.60. The molecule has 6 nitrogen and oxygen atoms in total. The second kappa shape index (κ2) is 5.50. The van der Waals surface area contributed by atoms with Gasteiger partial charge in [0.1, 0.15) is 11.5 Å². The lowest BCUT2D eigenvalue weighted by atomic mass is 10.1. The summed E-state index contributed by atoms with van der Waals surface area (Å²) in [6.45, 7) is 0.238. The number of benzene rings is 1. The molecule has 1 aromatic carbocycles. The predicted molar refractivity (Wildman–Crippen MR) is 64.5 cm³/mol. The first-order valence-corrected chi connectivity index (χ1v) is 5.49. The molecule has 1 aromatic heterocycles. The van der Waals surface area contributed by atoms with Crippen molar-refractivity contribution in [3.05, 3.63) is 35.5 Å². The summed E-state index contributed by atoms with van der Waals surface area (Å²) in [6, 6.07) is 5.56. The van der Waals surface area contributed by atoms with Crippen LogP contribution < -0.4 is 15.2 Å².